The lowest BCUT2D eigenvalue weighted by atomic mass is 10.0. The van der Waals surface area contributed by atoms with Crippen molar-refractivity contribution < 1.29 is 5.11 Å². The molecule has 1 aromatic heterocycles. The summed E-state index contributed by atoms with van der Waals surface area (Å²) >= 11 is 6.02. The van der Waals surface area contributed by atoms with E-state index in [1.165, 1.54) is 0 Å². The molecule has 2 aromatic carbocycles. The third kappa shape index (κ3) is 3.18. The Hall–Kier alpha value is -2.09. The summed E-state index contributed by atoms with van der Waals surface area (Å²) in [6.45, 7) is 1.91. The van der Waals surface area contributed by atoms with Crippen LogP contribution in [0.1, 0.15) is 17.4 Å². The van der Waals surface area contributed by atoms with Gasteiger partial charge in [0, 0.05) is 20.5 Å². The SMILES string of the molecule is CC(=C1C(Sc2ccc(Br)cc2)=Nc2ccccc21)c1sc(=O)[nH]c1O. The number of halogens is 1. The van der Waals surface area contributed by atoms with Gasteiger partial charge in [0.1, 0.15) is 5.04 Å². The molecule has 1 aliphatic heterocycles. The number of para-hydroxylation sites is 1. The molecule has 0 fully saturated rings. The highest BCUT2D eigenvalue weighted by Gasteiger charge is 2.26. The van der Waals surface area contributed by atoms with Crippen LogP contribution in [0.3, 0.4) is 0 Å². The molecular formula is C19H13BrN2O2S2. The van der Waals surface area contributed by atoms with Crippen molar-refractivity contribution in [2.45, 2.75) is 11.8 Å². The number of thioether (sulfide) groups is 1. The minimum absolute atomic E-state index is 0.0950. The molecule has 3 aromatic rings. The van der Waals surface area contributed by atoms with E-state index in [1.807, 2.05) is 55.5 Å². The van der Waals surface area contributed by atoms with Gasteiger partial charge in [-0.1, -0.05) is 57.2 Å². The fourth-order valence-electron chi connectivity index (χ4n) is 2.80. The largest absolute Gasteiger partial charge is 0.493 e. The van der Waals surface area contributed by atoms with Gasteiger partial charge in [0.15, 0.2) is 0 Å². The Morgan fingerprint density at radius 3 is 2.62 bits per heavy atom. The number of allylic oxidation sites excluding steroid dienone is 1. The van der Waals surface area contributed by atoms with E-state index in [2.05, 4.69) is 20.9 Å². The van der Waals surface area contributed by atoms with Gasteiger partial charge < -0.3 is 5.11 Å². The van der Waals surface area contributed by atoms with Gasteiger partial charge in [-0.3, -0.25) is 9.78 Å². The quantitative estimate of drug-likeness (QED) is 0.534. The zero-order valence-corrected chi connectivity index (χ0v) is 16.8. The standard InChI is InChI=1S/C19H13BrN2O2S2/c1-10(16-17(23)22-19(24)26-16)15-13-4-2-3-5-14(13)21-18(15)25-12-8-6-11(20)7-9-12/h2-9,23H,1H3,(H,22,24). The summed E-state index contributed by atoms with van der Waals surface area (Å²) in [5.74, 6) is -0.0950. The summed E-state index contributed by atoms with van der Waals surface area (Å²) in [6.07, 6.45) is 0. The minimum atomic E-state index is -0.275. The maximum Gasteiger partial charge on any atom is 0.307 e. The van der Waals surface area contributed by atoms with E-state index in [4.69, 9.17) is 4.99 Å². The molecule has 2 N–H and O–H groups in total. The molecule has 0 saturated heterocycles. The van der Waals surface area contributed by atoms with Crippen molar-refractivity contribution in [2.24, 2.45) is 4.99 Å². The van der Waals surface area contributed by atoms with Gasteiger partial charge in [0.25, 0.3) is 0 Å². The van der Waals surface area contributed by atoms with Gasteiger partial charge >= 0.3 is 4.87 Å². The summed E-state index contributed by atoms with van der Waals surface area (Å²) in [5.41, 5.74) is 3.67. The van der Waals surface area contributed by atoms with E-state index < -0.39 is 0 Å². The average Bonchev–Trinajstić information content (AvgIpc) is 3.15. The van der Waals surface area contributed by atoms with Gasteiger partial charge in [0.05, 0.1) is 10.6 Å². The third-order valence-electron chi connectivity index (χ3n) is 3.98. The van der Waals surface area contributed by atoms with E-state index in [0.717, 1.165) is 48.1 Å². The lowest BCUT2D eigenvalue weighted by molar-refractivity contribution is 0.454. The first-order valence-electron chi connectivity index (χ1n) is 7.78. The molecule has 0 spiro atoms. The van der Waals surface area contributed by atoms with Crippen LogP contribution in [-0.2, 0) is 0 Å². The van der Waals surface area contributed by atoms with E-state index >= 15 is 0 Å². The first kappa shape index (κ1) is 17.3. The lowest BCUT2D eigenvalue weighted by Crippen LogP contribution is -1.95. The second-order valence-corrected chi connectivity index (χ2v) is 8.64. The Morgan fingerprint density at radius 2 is 1.92 bits per heavy atom. The number of thiazole rings is 1. The molecule has 0 atom stereocenters. The van der Waals surface area contributed by atoms with Crippen LogP contribution in [0.5, 0.6) is 5.88 Å². The summed E-state index contributed by atoms with van der Waals surface area (Å²) in [4.78, 5) is 20.2. The van der Waals surface area contributed by atoms with Crippen molar-refractivity contribution in [1.82, 2.24) is 4.98 Å². The molecule has 1 aliphatic rings. The van der Waals surface area contributed by atoms with Crippen molar-refractivity contribution >= 4 is 60.9 Å². The molecule has 7 heteroatoms. The predicted octanol–water partition coefficient (Wildman–Crippen LogP) is 5.67. The third-order valence-corrected chi connectivity index (χ3v) is 6.50. The average molecular weight is 445 g/mol. The van der Waals surface area contributed by atoms with Crippen LogP contribution in [0.15, 0.2) is 67.7 Å². The smallest absolute Gasteiger partial charge is 0.307 e. The lowest BCUT2D eigenvalue weighted by Gasteiger charge is -2.09. The molecule has 26 heavy (non-hydrogen) atoms. The second-order valence-electron chi connectivity index (χ2n) is 5.68. The van der Waals surface area contributed by atoms with Gasteiger partial charge in [-0.05, 0) is 42.8 Å². The molecule has 0 amide bonds. The fraction of sp³-hybridized carbons (Fsp3) is 0.0526. The molecule has 0 radical (unpaired) electrons. The van der Waals surface area contributed by atoms with E-state index in [0.29, 0.717) is 4.88 Å². The number of hydrogen-bond acceptors (Lipinski definition) is 5. The number of fused-ring (bicyclic) bond motifs is 1. The Morgan fingerprint density at radius 1 is 1.19 bits per heavy atom. The van der Waals surface area contributed by atoms with Crippen molar-refractivity contribution in [3.05, 3.63) is 73.1 Å². The number of benzene rings is 2. The number of aromatic amines is 1. The Kier molecular flexibility index (Phi) is 4.60. The van der Waals surface area contributed by atoms with Crippen molar-refractivity contribution in [3.63, 3.8) is 0 Å². The van der Waals surface area contributed by atoms with Gasteiger partial charge in [-0.15, -0.1) is 0 Å². The highest BCUT2D eigenvalue weighted by atomic mass is 79.9. The maximum absolute atomic E-state index is 11.6. The number of aromatic hydroxyl groups is 1. The molecule has 4 rings (SSSR count). The summed E-state index contributed by atoms with van der Waals surface area (Å²) in [6, 6.07) is 15.9. The highest BCUT2D eigenvalue weighted by molar-refractivity contribution is 9.10. The molecule has 4 nitrogen and oxygen atoms in total. The van der Waals surface area contributed by atoms with Gasteiger partial charge in [0.2, 0.25) is 5.88 Å². The summed E-state index contributed by atoms with van der Waals surface area (Å²) in [5, 5.41) is 10.9. The molecule has 0 saturated carbocycles. The Balaban J connectivity index is 1.84. The minimum Gasteiger partial charge on any atom is -0.493 e. The first-order valence-corrected chi connectivity index (χ1v) is 10.2. The molecule has 130 valence electrons. The van der Waals surface area contributed by atoms with Gasteiger partial charge in [-0.2, -0.15) is 0 Å². The number of H-pyrrole nitrogens is 1. The van der Waals surface area contributed by atoms with Crippen LogP contribution in [-0.4, -0.2) is 15.1 Å². The number of aliphatic imine (C=N–C) groups is 1. The Bertz CT molecular complexity index is 1110. The molecule has 2 heterocycles. The van der Waals surface area contributed by atoms with Crippen LogP contribution in [0.2, 0.25) is 0 Å². The zero-order valence-electron chi connectivity index (χ0n) is 13.6. The predicted molar refractivity (Wildman–Crippen MR) is 113 cm³/mol. The first-order chi connectivity index (χ1) is 12.5. The molecule has 0 unspecified atom stereocenters. The molecule has 0 bridgehead atoms. The summed E-state index contributed by atoms with van der Waals surface area (Å²) < 4.78 is 1.02. The number of nitrogens with one attached hydrogen (secondary N) is 1. The fourth-order valence-corrected chi connectivity index (χ4v) is 4.81. The maximum atomic E-state index is 11.6. The highest BCUT2D eigenvalue weighted by Crippen LogP contribution is 2.45. The van der Waals surface area contributed by atoms with Crippen LogP contribution in [0, 0.1) is 0 Å². The number of nitrogens with zero attached hydrogens (tertiary/aromatic N) is 1. The monoisotopic (exact) mass is 444 g/mol. The van der Waals surface area contributed by atoms with Crippen LogP contribution < -0.4 is 4.87 Å². The molecular weight excluding hydrogens is 432 g/mol. The number of aromatic nitrogens is 1. The van der Waals surface area contributed by atoms with Crippen LogP contribution in [0.25, 0.3) is 11.1 Å². The van der Waals surface area contributed by atoms with Gasteiger partial charge in [-0.25, -0.2) is 4.99 Å². The number of rotatable bonds is 2. The van der Waals surface area contributed by atoms with Crippen molar-refractivity contribution in [2.75, 3.05) is 0 Å². The van der Waals surface area contributed by atoms with E-state index in [9.17, 15) is 9.90 Å². The van der Waals surface area contributed by atoms with Crippen molar-refractivity contribution in [1.29, 1.82) is 0 Å². The van der Waals surface area contributed by atoms with Crippen molar-refractivity contribution in [3.8, 4) is 5.88 Å². The Labute approximate surface area is 166 Å². The van der Waals surface area contributed by atoms with Crippen LogP contribution in [0.4, 0.5) is 5.69 Å². The molecule has 0 aliphatic carbocycles. The van der Waals surface area contributed by atoms with E-state index in [1.54, 1.807) is 11.8 Å². The van der Waals surface area contributed by atoms with E-state index in [-0.39, 0.29) is 10.8 Å². The number of hydrogen-bond donors (Lipinski definition) is 2. The normalized spacial score (nSPS) is 14.9. The van der Waals surface area contributed by atoms with Crippen LogP contribution >= 0.6 is 39.0 Å². The zero-order chi connectivity index (χ0) is 18.3. The summed E-state index contributed by atoms with van der Waals surface area (Å²) in [7, 11) is 0. The second kappa shape index (κ2) is 6.90. The topological polar surface area (TPSA) is 65.5 Å².